The van der Waals surface area contributed by atoms with Crippen molar-refractivity contribution in [1.82, 2.24) is 4.90 Å². The third kappa shape index (κ3) is 5.87. The molecule has 1 aliphatic heterocycles. The molecule has 1 aliphatic rings. The van der Waals surface area contributed by atoms with E-state index in [2.05, 4.69) is 5.32 Å². The second-order valence-electron chi connectivity index (χ2n) is 10.1. The Kier molecular flexibility index (Phi) is 7.50. The van der Waals surface area contributed by atoms with Gasteiger partial charge in [-0.15, -0.1) is 0 Å². The number of fused-ring (bicyclic) bond motifs is 1. The predicted molar refractivity (Wildman–Crippen MR) is 147 cm³/mol. The van der Waals surface area contributed by atoms with Crippen LogP contribution in [0.2, 0.25) is 0 Å². The topological polar surface area (TPSA) is 71.8 Å². The van der Waals surface area contributed by atoms with Gasteiger partial charge in [-0.05, 0) is 78.6 Å². The molecule has 39 heavy (non-hydrogen) atoms. The van der Waals surface area contributed by atoms with Crippen LogP contribution in [0.3, 0.4) is 0 Å². The van der Waals surface area contributed by atoms with Crippen molar-refractivity contribution >= 4 is 17.5 Å². The lowest BCUT2D eigenvalue weighted by atomic mass is 9.87. The van der Waals surface area contributed by atoms with Crippen molar-refractivity contribution < 1.29 is 23.1 Å². The fraction of sp³-hybridized carbons (Fsp3) is 0.250. The minimum Gasteiger partial charge on any atom is -0.486 e. The molecule has 2 amide bonds. The zero-order valence-electron chi connectivity index (χ0n) is 22.2. The first-order valence-corrected chi connectivity index (χ1v) is 13.1. The molecule has 5 rings (SSSR count). The average molecular weight is 527 g/mol. The Morgan fingerprint density at radius 1 is 1.05 bits per heavy atom. The monoisotopic (exact) mass is 526 g/mol. The molecule has 0 saturated heterocycles. The van der Waals surface area contributed by atoms with Crippen LogP contribution in [0.1, 0.15) is 58.5 Å². The van der Waals surface area contributed by atoms with E-state index in [-0.39, 0.29) is 35.9 Å². The summed E-state index contributed by atoms with van der Waals surface area (Å²) in [7, 11) is 0. The van der Waals surface area contributed by atoms with Crippen LogP contribution in [0.15, 0.2) is 83.3 Å². The molecule has 0 spiro atoms. The zero-order valence-corrected chi connectivity index (χ0v) is 22.2. The van der Waals surface area contributed by atoms with Crippen molar-refractivity contribution in [3.8, 4) is 5.75 Å². The molecule has 2 heterocycles. The maximum atomic E-state index is 14.2. The molecular weight excluding hydrogens is 495 g/mol. The molecule has 1 atom stereocenters. The summed E-state index contributed by atoms with van der Waals surface area (Å²) in [4.78, 5) is 27.5. The number of hydrogen-bond donors (Lipinski definition) is 1. The summed E-state index contributed by atoms with van der Waals surface area (Å²) in [6, 6.07) is 22.6. The van der Waals surface area contributed by atoms with Gasteiger partial charge in [-0.3, -0.25) is 9.59 Å². The van der Waals surface area contributed by atoms with Crippen molar-refractivity contribution in [3.05, 3.63) is 118 Å². The highest BCUT2D eigenvalue weighted by molar-refractivity contribution is 6.02. The number of halogens is 1. The van der Waals surface area contributed by atoms with Crippen molar-refractivity contribution in [3.63, 3.8) is 0 Å². The highest BCUT2D eigenvalue weighted by Crippen LogP contribution is 2.38. The number of anilines is 1. The lowest BCUT2D eigenvalue weighted by molar-refractivity contribution is -0.136. The number of rotatable bonds is 7. The maximum Gasteiger partial charge on any atom is 0.291 e. The van der Waals surface area contributed by atoms with E-state index < -0.39 is 6.04 Å². The van der Waals surface area contributed by atoms with E-state index in [1.807, 2.05) is 74.2 Å². The van der Waals surface area contributed by atoms with E-state index in [4.69, 9.17) is 9.15 Å². The second-order valence-corrected chi connectivity index (χ2v) is 10.1. The van der Waals surface area contributed by atoms with Gasteiger partial charge in [-0.2, -0.15) is 0 Å². The van der Waals surface area contributed by atoms with Gasteiger partial charge in [-0.1, -0.05) is 49.7 Å². The van der Waals surface area contributed by atoms with Gasteiger partial charge in [-0.25, -0.2) is 4.39 Å². The Balaban J connectivity index is 1.34. The first-order valence-electron chi connectivity index (χ1n) is 13.1. The Labute approximate surface area is 227 Å². The molecule has 6 nitrogen and oxygen atoms in total. The molecule has 7 heteroatoms. The molecule has 3 aromatic carbocycles. The minimum atomic E-state index is -0.413. The summed E-state index contributed by atoms with van der Waals surface area (Å²) in [6.07, 6.45) is 0.706. The Hall–Kier alpha value is -4.39. The quantitative estimate of drug-likeness (QED) is 0.291. The lowest BCUT2D eigenvalue weighted by Crippen LogP contribution is -2.42. The molecule has 0 saturated carbocycles. The lowest BCUT2D eigenvalue weighted by Gasteiger charge is -2.39. The summed E-state index contributed by atoms with van der Waals surface area (Å²) in [5, 5.41) is 2.82. The molecule has 1 unspecified atom stereocenters. The fourth-order valence-electron chi connectivity index (χ4n) is 4.85. The highest BCUT2D eigenvalue weighted by Gasteiger charge is 2.33. The number of nitrogens with one attached hydrogen (secondary N) is 1. The van der Waals surface area contributed by atoms with E-state index in [1.165, 1.54) is 12.1 Å². The summed E-state index contributed by atoms with van der Waals surface area (Å²) in [5.41, 5.74) is 4.52. The van der Waals surface area contributed by atoms with E-state index in [0.29, 0.717) is 30.2 Å². The van der Waals surface area contributed by atoms with Gasteiger partial charge in [0.2, 0.25) is 5.91 Å². The SMILES string of the molecule is Cc1ccc(NC(=O)c2ccc(COc3ccc4c(c3)C(c3cccc(F)c3)N(C(=O)C(C)C)CC4)o2)cc1. The predicted octanol–water partition coefficient (Wildman–Crippen LogP) is 6.69. The largest absolute Gasteiger partial charge is 0.486 e. The number of furan rings is 1. The van der Waals surface area contributed by atoms with Crippen LogP contribution in [-0.4, -0.2) is 23.3 Å². The third-order valence-corrected chi connectivity index (χ3v) is 6.86. The molecule has 4 aromatic rings. The minimum absolute atomic E-state index is 0.0215. The van der Waals surface area contributed by atoms with Gasteiger partial charge < -0.3 is 19.4 Å². The molecule has 1 aromatic heterocycles. The van der Waals surface area contributed by atoms with Crippen LogP contribution >= 0.6 is 0 Å². The van der Waals surface area contributed by atoms with Crippen LogP contribution in [0.5, 0.6) is 5.75 Å². The van der Waals surface area contributed by atoms with Crippen molar-refractivity contribution in [1.29, 1.82) is 0 Å². The smallest absolute Gasteiger partial charge is 0.291 e. The second kappa shape index (κ2) is 11.2. The zero-order chi connectivity index (χ0) is 27.5. The highest BCUT2D eigenvalue weighted by atomic mass is 19.1. The Bertz CT molecular complexity index is 1490. The van der Waals surface area contributed by atoms with E-state index in [0.717, 1.165) is 22.3 Å². The number of nitrogens with zero attached hydrogens (tertiary/aromatic N) is 1. The van der Waals surface area contributed by atoms with E-state index in [9.17, 15) is 14.0 Å². The molecule has 0 aliphatic carbocycles. The summed E-state index contributed by atoms with van der Waals surface area (Å²) < 4.78 is 26.0. The van der Waals surface area contributed by atoms with Gasteiger partial charge >= 0.3 is 0 Å². The fourth-order valence-corrected chi connectivity index (χ4v) is 4.85. The van der Waals surface area contributed by atoms with Crippen molar-refractivity contribution in [2.24, 2.45) is 5.92 Å². The van der Waals surface area contributed by atoms with Crippen LogP contribution in [0, 0.1) is 18.7 Å². The summed E-state index contributed by atoms with van der Waals surface area (Å²) in [5.74, 6) is 0.437. The van der Waals surface area contributed by atoms with Gasteiger partial charge in [0.15, 0.2) is 5.76 Å². The normalized spacial score (nSPS) is 14.7. The summed E-state index contributed by atoms with van der Waals surface area (Å²) in [6.45, 7) is 6.41. The molecule has 1 N–H and O–H groups in total. The average Bonchev–Trinajstić information content (AvgIpc) is 3.41. The number of ether oxygens (including phenoxy) is 1. The number of carbonyl (C=O) groups is 2. The Morgan fingerprint density at radius 2 is 1.85 bits per heavy atom. The van der Waals surface area contributed by atoms with Gasteiger partial charge in [0.25, 0.3) is 5.91 Å². The molecule has 0 radical (unpaired) electrons. The van der Waals surface area contributed by atoms with Crippen LogP contribution in [0.4, 0.5) is 10.1 Å². The standard InChI is InChI=1S/C32H31FN2O4/c1-20(2)32(37)35-16-15-22-9-12-26(18-28(22)30(35)23-5-4-6-24(33)17-23)38-19-27-13-14-29(39-27)31(36)34-25-10-7-21(3)8-11-25/h4-14,17-18,20,30H,15-16,19H2,1-3H3,(H,34,36). The number of aryl methyl sites for hydroxylation is 1. The number of benzene rings is 3. The molecule has 0 bridgehead atoms. The van der Waals surface area contributed by atoms with Gasteiger partial charge in [0.05, 0.1) is 6.04 Å². The molecule has 0 fully saturated rings. The van der Waals surface area contributed by atoms with E-state index in [1.54, 1.807) is 18.2 Å². The Morgan fingerprint density at radius 3 is 2.59 bits per heavy atom. The van der Waals surface area contributed by atoms with Crippen molar-refractivity contribution in [2.45, 2.75) is 39.8 Å². The summed E-state index contributed by atoms with van der Waals surface area (Å²) >= 11 is 0. The van der Waals surface area contributed by atoms with E-state index >= 15 is 0 Å². The van der Waals surface area contributed by atoms with Crippen LogP contribution < -0.4 is 10.1 Å². The van der Waals surface area contributed by atoms with Crippen LogP contribution in [-0.2, 0) is 17.8 Å². The van der Waals surface area contributed by atoms with Crippen molar-refractivity contribution in [2.75, 3.05) is 11.9 Å². The first kappa shape index (κ1) is 26.2. The van der Waals surface area contributed by atoms with Gasteiger partial charge in [0.1, 0.15) is 23.9 Å². The van der Waals surface area contributed by atoms with Crippen LogP contribution in [0.25, 0.3) is 0 Å². The number of hydrogen-bond acceptors (Lipinski definition) is 4. The number of carbonyl (C=O) groups excluding carboxylic acids is 2. The number of amides is 2. The van der Waals surface area contributed by atoms with Gasteiger partial charge in [0, 0.05) is 18.2 Å². The maximum absolute atomic E-state index is 14.2. The first-order chi connectivity index (χ1) is 18.8. The molecular formula is C32H31FN2O4. The molecule has 200 valence electrons. The third-order valence-electron chi connectivity index (χ3n) is 6.86.